The van der Waals surface area contributed by atoms with E-state index in [1.165, 1.54) is 0 Å². The van der Waals surface area contributed by atoms with Crippen LogP contribution in [0, 0.1) is 0 Å². The van der Waals surface area contributed by atoms with Crippen LogP contribution in [0.5, 0.6) is 0 Å². The molecular formula is C10H9BrClNO2. The van der Waals surface area contributed by atoms with Crippen molar-refractivity contribution in [3.05, 3.63) is 27.7 Å². The number of halogens is 2. The minimum absolute atomic E-state index is 0.332. The molecule has 0 N–H and O–H groups in total. The number of carbonyl (C=O) groups excluding carboxylic acids is 1. The normalized spacial score (nSPS) is 16.4. The van der Waals surface area contributed by atoms with E-state index in [0.29, 0.717) is 23.9 Å². The molecule has 3 nitrogen and oxygen atoms in total. The van der Waals surface area contributed by atoms with Crippen molar-refractivity contribution >= 4 is 39.3 Å². The van der Waals surface area contributed by atoms with Crippen molar-refractivity contribution in [3.8, 4) is 0 Å². The molecular weight excluding hydrogens is 281 g/mol. The van der Waals surface area contributed by atoms with E-state index in [9.17, 15) is 4.79 Å². The molecule has 15 heavy (non-hydrogen) atoms. The second kappa shape index (κ2) is 4.41. The summed E-state index contributed by atoms with van der Waals surface area (Å²) in [6.45, 7) is 1.13. The lowest BCUT2D eigenvalue weighted by atomic mass is 10.2. The number of anilines is 1. The summed E-state index contributed by atoms with van der Waals surface area (Å²) in [4.78, 5) is 13.0. The van der Waals surface area contributed by atoms with Crippen LogP contribution in [0.1, 0.15) is 6.42 Å². The molecule has 80 valence electrons. The molecule has 1 amide bonds. The van der Waals surface area contributed by atoms with E-state index in [-0.39, 0.29) is 6.09 Å². The summed E-state index contributed by atoms with van der Waals surface area (Å²) < 4.78 is 5.84. The zero-order valence-electron chi connectivity index (χ0n) is 7.87. The highest BCUT2D eigenvalue weighted by atomic mass is 79.9. The van der Waals surface area contributed by atoms with Crippen LogP contribution >= 0.6 is 27.5 Å². The van der Waals surface area contributed by atoms with Gasteiger partial charge in [-0.25, -0.2) is 4.79 Å². The average molecular weight is 291 g/mol. The number of ether oxygens (including phenoxy) is 1. The zero-order chi connectivity index (χ0) is 10.8. The summed E-state index contributed by atoms with van der Waals surface area (Å²) in [6, 6.07) is 5.40. The molecule has 2 rings (SSSR count). The van der Waals surface area contributed by atoms with Crippen LogP contribution in [0.2, 0.25) is 5.02 Å². The maximum Gasteiger partial charge on any atom is 0.414 e. The molecule has 0 bridgehead atoms. The number of hydrogen-bond acceptors (Lipinski definition) is 2. The largest absolute Gasteiger partial charge is 0.449 e. The van der Waals surface area contributed by atoms with Crippen molar-refractivity contribution in [2.75, 3.05) is 18.1 Å². The van der Waals surface area contributed by atoms with Gasteiger partial charge < -0.3 is 4.74 Å². The topological polar surface area (TPSA) is 29.5 Å². The third kappa shape index (κ3) is 2.26. The molecule has 1 aromatic carbocycles. The van der Waals surface area contributed by atoms with Gasteiger partial charge in [-0.1, -0.05) is 27.5 Å². The lowest BCUT2D eigenvalue weighted by Crippen LogP contribution is -2.37. The molecule has 1 aromatic rings. The van der Waals surface area contributed by atoms with Crippen molar-refractivity contribution < 1.29 is 9.53 Å². The summed E-state index contributed by atoms with van der Waals surface area (Å²) in [5.74, 6) is 0. The minimum atomic E-state index is -0.332. The van der Waals surface area contributed by atoms with Gasteiger partial charge in [0.05, 0.1) is 17.3 Å². The number of hydrogen-bond donors (Lipinski definition) is 0. The minimum Gasteiger partial charge on any atom is -0.449 e. The standard InChI is InChI=1S/C10H9BrClNO2/c11-7-2-3-8(12)9(6-7)13-4-1-5-15-10(13)14/h2-3,6H,1,4-5H2. The molecule has 1 aliphatic rings. The van der Waals surface area contributed by atoms with Crippen molar-refractivity contribution in [2.24, 2.45) is 0 Å². The van der Waals surface area contributed by atoms with Gasteiger partial charge in [0, 0.05) is 11.0 Å². The molecule has 0 unspecified atom stereocenters. The Morgan fingerprint density at radius 3 is 3.00 bits per heavy atom. The second-order valence-electron chi connectivity index (χ2n) is 3.22. The van der Waals surface area contributed by atoms with E-state index in [1.807, 2.05) is 12.1 Å². The monoisotopic (exact) mass is 289 g/mol. The molecule has 0 aliphatic carbocycles. The van der Waals surface area contributed by atoms with E-state index in [2.05, 4.69) is 15.9 Å². The Labute approximate surface area is 101 Å². The van der Waals surface area contributed by atoms with E-state index in [4.69, 9.17) is 16.3 Å². The van der Waals surface area contributed by atoms with Crippen molar-refractivity contribution in [2.45, 2.75) is 6.42 Å². The van der Waals surface area contributed by atoms with Gasteiger partial charge in [-0.2, -0.15) is 0 Å². The van der Waals surface area contributed by atoms with Gasteiger partial charge in [-0.05, 0) is 24.6 Å². The number of amides is 1. The summed E-state index contributed by atoms with van der Waals surface area (Å²) in [7, 11) is 0. The van der Waals surface area contributed by atoms with Gasteiger partial charge >= 0.3 is 6.09 Å². The average Bonchev–Trinajstić information content (AvgIpc) is 2.23. The summed E-state index contributed by atoms with van der Waals surface area (Å²) in [6.07, 6.45) is 0.496. The molecule has 0 radical (unpaired) electrons. The van der Waals surface area contributed by atoms with Crippen LogP contribution in [0.3, 0.4) is 0 Å². The van der Waals surface area contributed by atoms with Crippen LogP contribution < -0.4 is 4.90 Å². The third-order valence-corrected chi connectivity index (χ3v) is 2.98. The fourth-order valence-electron chi connectivity index (χ4n) is 1.46. The Morgan fingerprint density at radius 1 is 1.47 bits per heavy atom. The summed E-state index contributed by atoms with van der Waals surface area (Å²) >= 11 is 9.37. The predicted octanol–water partition coefficient (Wildman–Crippen LogP) is 3.45. The van der Waals surface area contributed by atoms with Crippen molar-refractivity contribution in [1.82, 2.24) is 0 Å². The zero-order valence-corrected chi connectivity index (χ0v) is 10.2. The van der Waals surface area contributed by atoms with Crippen LogP contribution in [-0.4, -0.2) is 19.2 Å². The van der Waals surface area contributed by atoms with E-state index in [0.717, 1.165) is 10.9 Å². The number of cyclic esters (lactones) is 1. The predicted molar refractivity (Wildman–Crippen MR) is 62.5 cm³/mol. The fraction of sp³-hybridized carbons (Fsp3) is 0.300. The van der Waals surface area contributed by atoms with Gasteiger partial charge in [0.2, 0.25) is 0 Å². The van der Waals surface area contributed by atoms with E-state index >= 15 is 0 Å². The maximum absolute atomic E-state index is 11.5. The Morgan fingerprint density at radius 2 is 2.27 bits per heavy atom. The first-order valence-corrected chi connectivity index (χ1v) is 5.75. The quantitative estimate of drug-likeness (QED) is 0.793. The molecule has 1 saturated heterocycles. The van der Waals surface area contributed by atoms with Crippen molar-refractivity contribution in [1.29, 1.82) is 0 Å². The van der Waals surface area contributed by atoms with Crippen LogP contribution in [0.25, 0.3) is 0 Å². The Balaban J connectivity index is 2.34. The smallest absolute Gasteiger partial charge is 0.414 e. The maximum atomic E-state index is 11.5. The van der Waals surface area contributed by atoms with Crippen molar-refractivity contribution in [3.63, 3.8) is 0 Å². The first-order chi connectivity index (χ1) is 7.18. The molecule has 1 heterocycles. The van der Waals surface area contributed by atoms with Gasteiger partial charge in [-0.3, -0.25) is 4.90 Å². The molecule has 0 atom stereocenters. The Kier molecular flexibility index (Phi) is 3.17. The molecule has 1 aliphatic heterocycles. The number of benzene rings is 1. The molecule has 5 heteroatoms. The Hall–Kier alpha value is -0.740. The van der Waals surface area contributed by atoms with Gasteiger partial charge in [0.15, 0.2) is 0 Å². The van der Waals surface area contributed by atoms with Crippen LogP contribution in [-0.2, 0) is 4.74 Å². The summed E-state index contributed by atoms with van der Waals surface area (Å²) in [5, 5.41) is 0.553. The fourth-order valence-corrected chi connectivity index (χ4v) is 2.03. The highest BCUT2D eigenvalue weighted by molar-refractivity contribution is 9.10. The van der Waals surface area contributed by atoms with Gasteiger partial charge in [0.25, 0.3) is 0 Å². The van der Waals surface area contributed by atoms with Gasteiger partial charge in [-0.15, -0.1) is 0 Å². The Bertz CT molecular complexity index is 397. The molecule has 0 saturated carbocycles. The molecule has 0 spiro atoms. The first-order valence-electron chi connectivity index (χ1n) is 4.58. The van der Waals surface area contributed by atoms with Crippen LogP contribution in [0.4, 0.5) is 10.5 Å². The first kappa shape index (κ1) is 10.8. The van der Waals surface area contributed by atoms with Crippen LogP contribution in [0.15, 0.2) is 22.7 Å². The second-order valence-corrected chi connectivity index (χ2v) is 4.54. The van der Waals surface area contributed by atoms with Gasteiger partial charge in [0.1, 0.15) is 0 Å². The molecule has 1 fully saturated rings. The summed E-state index contributed by atoms with van der Waals surface area (Å²) in [5.41, 5.74) is 0.691. The lowest BCUT2D eigenvalue weighted by Gasteiger charge is -2.27. The highest BCUT2D eigenvalue weighted by Gasteiger charge is 2.23. The number of rotatable bonds is 1. The van der Waals surface area contributed by atoms with E-state index in [1.54, 1.807) is 11.0 Å². The number of nitrogens with zero attached hydrogens (tertiary/aromatic N) is 1. The lowest BCUT2D eigenvalue weighted by molar-refractivity contribution is 0.140. The number of carbonyl (C=O) groups is 1. The highest BCUT2D eigenvalue weighted by Crippen LogP contribution is 2.30. The SMILES string of the molecule is O=C1OCCCN1c1cc(Br)ccc1Cl. The van der Waals surface area contributed by atoms with E-state index < -0.39 is 0 Å². The third-order valence-electron chi connectivity index (χ3n) is 2.17. The molecule has 0 aromatic heterocycles.